The molecule has 2 saturated carbocycles. The molecule has 70 valence electrons. The second-order valence-corrected chi connectivity index (χ2v) is 5.07. The van der Waals surface area contributed by atoms with E-state index in [0.717, 1.165) is 23.7 Å². The van der Waals surface area contributed by atoms with Crippen molar-refractivity contribution >= 4 is 0 Å². The van der Waals surface area contributed by atoms with E-state index < -0.39 is 0 Å². The molecule has 2 aliphatic carbocycles. The lowest BCUT2D eigenvalue weighted by molar-refractivity contribution is 0.242. The number of hydrogen-bond acceptors (Lipinski definition) is 0. The topological polar surface area (TPSA) is 0 Å². The van der Waals surface area contributed by atoms with Crippen molar-refractivity contribution in [3.05, 3.63) is 0 Å². The third kappa shape index (κ3) is 1.67. The van der Waals surface area contributed by atoms with Crippen LogP contribution < -0.4 is 0 Å². The summed E-state index contributed by atoms with van der Waals surface area (Å²) in [5.74, 6) is 4.43. The summed E-state index contributed by atoms with van der Waals surface area (Å²) in [7, 11) is 0. The van der Waals surface area contributed by atoms with Crippen molar-refractivity contribution in [2.24, 2.45) is 23.7 Å². The van der Waals surface area contributed by atoms with Crippen LogP contribution in [0.15, 0.2) is 0 Å². The number of rotatable bonds is 2. The predicted molar refractivity (Wildman–Crippen MR) is 53.0 cm³/mol. The van der Waals surface area contributed by atoms with Crippen LogP contribution in [-0.2, 0) is 0 Å². The van der Waals surface area contributed by atoms with Gasteiger partial charge >= 0.3 is 0 Å². The first-order chi connectivity index (χ1) is 5.81. The van der Waals surface area contributed by atoms with Crippen LogP contribution in [0.5, 0.6) is 0 Å². The zero-order chi connectivity index (χ0) is 8.55. The fourth-order valence-electron chi connectivity index (χ4n) is 3.03. The van der Waals surface area contributed by atoms with E-state index in [4.69, 9.17) is 0 Å². The zero-order valence-electron chi connectivity index (χ0n) is 8.55. The standard InChI is InChI=1S/C12H22/c1-3-10-4-6-11(7-5-10)12-8-9(12)2/h9-12H,3-8H2,1-2H3. The maximum Gasteiger partial charge on any atom is -0.0357 e. The van der Waals surface area contributed by atoms with Gasteiger partial charge < -0.3 is 0 Å². The summed E-state index contributed by atoms with van der Waals surface area (Å²) in [6.07, 6.45) is 9.13. The molecule has 2 aliphatic rings. The summed E-state index contributed by atoms with van der Waals surface area (Å²) in [5, 5.41) is 0. The highest BCUT2D eigenvalue weighted by Crippen LogP contribution is 2.49. The minimum absolute atomic E-state index is 1.08. The molecule has 0 heterocycles. The molecule has 0 heteroatoms. The summed E-state index contributed by atoms with van der Waals surface area (Å²) in [4.78, 5) is 0. The Morgan fingerprint density at radius 1 is 1.08 bits per heavy atom. The molecule has 0 aromatic heterocycles. The molecule has 0 N–H and O–H groups in total. The SMILES string of the molecule is CCC1CCC(C2CC2C)CC1. The van der Waals surface area contributed by atoms with Gasteiger partial charge in [-0.15, -0.1) is 0 Å². The minimum atomic E-state index is 1.08. The quantitative estimate of drug-likeness (QED) is 0.584. The third-order valence-corrected chi connectivity index (χ3v) is 4.25. The molecule has 0 bridgehead atoms. The van der Waals surface area contributed by atoms with Gasteiger partial charge in [0.25, 0.3) is 0 Å². The van der Waals surface area contributed by atoms with Gasteiger partial charge in [-0.3, -0.25) is 0 Å². The fraction of sp³-hybridized carbons (Fsp3) is 1.00. The molecule has 2 fully saturated rings. The Labute approximate surface area is 76.7 Å². The van der Waals surface area contributed by atoms with Gasteiger partial charge in [0, 0.05) is 0 Å². The average Bonchev–Trinajstić information content (AvgIpc) is 2.83. The zero-order valence-corrected chi connectivity index (χ0v) is 8.55. The molecule has 0 aromatic rings. The normalized spacial score (nSPS) is 47.5. The van der Waals surface area contributed by atoms with Crippen molar-refractivity contribution in [1.82, 2.24) is 0 Å². The molecule has 12 heavy (non-hydrogen) atoms. The van der Waals surface area contributed by atoms with E-state index in [0.29, 0.717) is 0 Å². The first-order valence-electron chi connectivity index (χ1n) is 5.81. The molecule has 0 aliphatic heterocycles. The van der Waals surface area contributed by atoms with Crippen molar-refractivity contribution in [3.63, 3.8) is 0 Å². The van der Waals surface area contributed by atoms with E-state index in [1.165, 1.54) is 19.3 Å². The summed E-state index contributed by atoms with van der Waals surface area (Å²) in [5.41, 5.74) is 0. The second kappa shape index (κ2) is 3.40. The Kier molecular flexibility index (Phi) is 2.43. The average molecular weight is 166 g/mol. The highest BCUT2D eigenvalue weighted by molar-refractivity contribution is 4.90. The van der Waals surface area contributed by atoms with E-state index in [2.05, 4.69) is 13.8 Å². The highest BCUT2D eigenvalue weighted by atomic mass is 14.5. The Morgan fingerprint density at radius 2 is 1.67 bits per heavy atom. The first-order valence-corrected chi connectivity index (χ1v) is 5.81. The number of hydrogen-bond donors (Lipinski definition) is 0. The molecule has 2 atom stereocenters. The van der Waals surface area contributed by atoms with Gasteiger partial charge in [0.05, 0.1) is 0 Å². The van der Waals surface area contributed by atoms with Crippen LogP contribution in [0.3, 0.4) is 0 Å². The van der Waals surface area contributed by atoms with Gasteiger partial charge in [-0.25, -0.2) is 0 Å². The maximum atomic E-state index is 2.43. The maximum absolute atomic E-state index is 2.43. The first kappa shape index (κ1) is 8.59. The van der Waals surface area contributed by atoms with Crippen LogP contribution in [0, 0.1) is 23.7 Å². The van der Waals surface area contributed by atoms with Crippen molar-refractivity contribution in [3.8, 4) is 0 Å². The van der Waals surface area contributed by atoms with Crippen molar-refractivity contribution in [2.75, 3.05) is 0 Å². The summed E-state index contributed by atoms with van der Waals surface area (Å²) < 4.78 is 0. The second-order valence-electron chi connectivity index (χ2n) is 5.07. The Balaban J connectivity index is 1.75. The van der Waals surface area contributed by atoms with Crippen LogP contribution >= 0.6 is 0 Å². The molecule has 0 amide bonds. The molecule has 0 nitrogen and oxygen atoms in total. The predicted octanol–water partition coefficient (Wildman–Crippen LogP) is 3.86. The van der Waals surface area contributed by atoms with E-state index >= 15 is 0 Å². The Morgan fingerprint density at radius 3 is 2.08 bits per heavy atom. The van der Waals surface area contributed by atoms with Crippen LogP contribution in [0.4, 0.5) is 0 Å². The van der Waals surface area contributed by atoms with E-state index in [-0.39, 0.29) is 0 Å². The monoisotopic (exact) mass is 166 g/mol. The van der Waals surface area contributed by atoms with E-state index in [1.54, 1.807) is 19.3 Å². The molecule has 0 radical (unpaired) electrons. The molecule has 2 unspecified atom stereocenters. The summed E-state index contributed by atoms with van der Waals surface area (Å²) >= 11 is 0. The van der Waals surface area contributed by atoms with Gasteiger partial charge in [0.15, 0.2) is 0 Å². The van der Waals surface area contributed by atoms with Crippen LogP contribution in [0.1, 0.15) is 52.4 Å². The molecule has 0 spiro atoms. The smallest absolute Gasteiger partial charge is 0.0357 e. The van der Waals surface area contributed by atoms with Crippen molar-refractivity contribution in [1.29, 1.82) is 0 Å². The molecular formula is C12H22. The lowest BCUT2D eigenvalue weighted by Crippen LogP contribution is -2.15. The lowest BCUT2D eigenvalue weighted by atomic mass is 9.78. The Bertz CT molecular complexity index is 142. The van der Waals surface area contributed by atoms with Crippen LogP contribution in [0.25, 0.3) is 0 Å². The van der Waals surface area contributed by atoms with Gasteiger partial charge in [0.2, 0.25) is 0 Å². The van der Waals surface area contributed by atoms with E-state index in [1.807, 2.05) is 0 Å². The minimum Gasteiger partial charge on any atom is -0.0651 e. The fourth-order valence-corrected chi connectivity index (χ4v) is 3.03. The summed E-state index contributed by atoms with van der Waals surface area (Å²) in [6, 6.07) is 0. The van der Waals surface area contributed by atoms with Gasteiger partial charge in [-0.05, 0) is 42.9 Å². The third-order valence-electron chi connectivity index (χ3n) is 4.25. The van der Waals surface area contributed by atoms with Crippen molar-refractivity contribution in [2.45, 2.75) is 52.4 Å². The van der Waals surface area contributed by atoms with Crippen LogP contribution in [0.2, 0.25) is 0 Å². The summed E-state index contributed by atoms with van der Waals surface area (Å²) in [6.45, 7) is 4.78. The van der Waals surface area contributed by atoms with Crippen molar-refractivity contribution < 1.29 is 0 Å². The van der Waals surface area contributed by atoms with Gasteiger partial charge in [-0.2, -0.15) is 0 Å². The molecule has 0 aromatic carbocycles. The highest BCUT2D eigenvalue weighted by Gasteiger charge is 2.40. The van der Waals surface area contributed by atoms with Gasteiger partial charge in [0.1, 0.15) is 0 Å². The van der Waals surface area contributed by atoms with Crippen LogP contribution in [-0.4, -0.2) is 0 Å². The Hall–Kier alpha value is 0. The van der Waals surface area contributed by atoms with Gasteiger partial charge in [-0.1, -0.05) is 33.1 Å². The molecule has 0 saturated heterocycles. The lowest BCUT2D eigenvalue weighted by Gasteiger charge is -2.27. The van der Waals surface area contributed by atoms with E-state index in [9.17, 15) is 0 Å². The largest absolute Gasteiger partial charge is 0.0651 e. The molecular weight excluding hydrogens is 144 g/mol. The molecule has 2 rings (SSSR count).